The van der Waals surface area contributed by atoms with E-state index < -0.39 is 0 Å². The summed E-state index contributed by atoms with van der Waals surface area (Å²) in [5.41, 5.74) is 1.46. The minimum absolute atomic E-state index is 0.270. The molecular weight excluding hydrogens is 224 g/mol. The summed E-state index contributed by atoms with van der Waals surface area (Å²) in [5.74, 6) is 0.433. The largest absolute Gasteiger partial charge is 0.465 e. The van der Waals surface area contributed by atoms with Crippen LogP contribution >= 0.6 is 11.3 Å². The topological polar surface area (TPSA) is 39.4 Å². The maximum Gasteiger partial charge on any atom is 0.340 e. The third-order valence-electron chi connectivity index (χ3n) is 2.44. The van der Waals surface area contributed by atoms with Crippen LogP contribution in [-0.2, 0) is 9.53 Å². The van der Waals surface area contributed by atoms with Crippen molar-refractivity contribution in [1.29, 1.82) is 0 Å². The fourth-order valence-corrected chi connectivity index (χ4v) is 2.51. The molecule has 2 aromatic heterocycles. The molecule has 3 nitrogen and oxygen atoms in total. The summed E-state index contributed by atoms with van der Waals surface area (Å²) >= 11 is 1.52. The lowest BCUT2D eigenvalue weighted by Crippen LogP contribution is -1.96. The van der Waals surface area contributed by atoms with E-state index in [9.17, 15) is 4.79 Å². The summed E-state index contributed by atoms with van der Waals surface area (Å²) in [6.45, 7) is 0.291. The van der Waals surface area contributed by atoms with Gasteiger partial charge < -0.3 is 9.15 Å². The number of hydrogen-bond donors (Lipinski definition) is 0. The number of hydrogen-bond acceptors (Lipinski definition) is 4. The van der Waals surface area contributed by atoms with E-state index in [4.69, 9.17) is 9.15 Å². The molecule has 2 aromatic rings. The quantitative estimate of drug-likeness (QED) is 0.747. The second kappa shape index (κ2) is 3.64. The summed E-state index contributed by atoms with van der Waals surface area (Å²) in [6.07, 6.45) is 1.59. The molecule has 0 amide bonds. The number of ether oxygens (including phenoxy) is 1. The minimum Gasteiger partial charge on any atom is -0.465 e. The highest BCUT2D eigenvalue weighted by molar-refractivity contribution is 7.11. The lowest BCUT2D eigenvalue weighted by molar-refractivity contribution is -0.133. The lowest BCUT2D eigenvalue weighted by atomic mass is 10.1. The fourth-order valence-electron chi connectivity index (χ4n) is 1.72. The van der Waals surface area contributed by atoms with E-state index in [1.165, 1.54) is 11.3 Å². The monoisotopic (exact) mass is 232 g/mol. The summed E-state index contributed by atoms with van der Waals surface area (Å²) in [7, 11) is 0. The number of carbonyl (C=O) groups is 1. The Labute approximate surface area is 96.0 Å². The van der Waals surface area contributed by atoms with Gasteiger partial charge in [0.1, 0.15) is 12.4 Å². The van der Waals surface area contributed by atoms with Crippen molar-refractivity contribution in [2.24, 2.45) is 0 Å². The summed E-state index contributed by atoms with van der Waals surface area (Å²) < 4.78 is 10.4. The molecular formula is C12H8O3S. The number of esters is 1. The highest BCUT2D eigenvalue weighted by Gasteiger charge is 2.29. The standard InChI is InChI=1S/C12H8O3S/c13-12-11(10-4-2-6-16-10)8(7-15-12)9-3-1-5-14-9/h1-6H,7H2. The van der Waals surface area contributed by atoms with Gasteiger partial charge >= 0.3 is 5.97 Å². The summed E-state index contributed by atoms with van der Waals surface area (Å²) in [4.78, 5) is 12.6. The third kappa shape index (κ3) is 1.39. The van der Waals surface area contributed by atoms with Crippen molar-refractivity contribution in [1.82, 2.24) is 0 Å². The Balaban J connectivity index is 2.16. The van der Waals surface area contributed by atoms with Gasteiger partial charge in [0.25, 0.3) is 0 Å². The second-order valence-electron chi connectivity index (χ2n) is 3.38. The van der Waals surface area contributed by atoms with E-state index in [0.717, 1.165) is 10.5 Å². The van der Waals surface area contributed by atoms with Gasteiger partial charge in [-0.25, -0.2) is 4.79 Å². The molecule has 80 valence electrons. The molecule has 1 aliphatic heterocycles. The molecule has 0 bridgehead atoms. The Morgan fingerprint density at radius 3 is 2.88 bits per heavy atom. The van der Waals surface area contributed by atoms with Crippen molar-refractivity contribution >= 4 is 28.5 Å². The molecule has 0 radical (unpaired) electrons. The van der Waals surface area contributed by atoms with E-state index in [1.54, 1.807) is 12.3 Å². The minimum atomic E-state index is -0.270. The van der Waals surface area contributed by atoms with E-state index in [1.807, 2.05) is 23.6 Å². The van der Waals surface area contributed by atoms with Crippen LogP contribution in [0.4, 0.5) is 0 Å². The molecule has 3 heterocycles. The molecule has 4 heteroatoms. The first-order chi connectivity index (χ1) is 7.86. The number of rotatable bonds is 2. The summed E-state index contributed by atoms with van der Waals surface area (Å²) in [6, 6.07) is 7.47. The molecule has 0 fully saturated rings. The van der Waals surface area contributed by atoms with Gasteiger partial charge in [0.2, 0.25) is 0 Å². The molecule has 0 spiro atoms. The first-order valence-corrected chi connectivity index (χ1v) is 5.72. The zero-order chi connectivity index (χ0) is 11.0. The average molecular weight is 232 g/mol. The molecule has 0 saturated carbocycles. The SMILES string of the molecule is O=C1OCC(c2ccco2)=C1c1cccs1. The molecule has 0 aliphatic carbocycles. The smallest absolute Gasteiger partial charge is 0.340 e. The maximum atomic E-state index is 11.7. The first-order valence-electron chi connectivity index (χ1n) is 4.84. The predicted molar refractivity (Wildman–Crippen MR) is 60.8 cm³/mol. The Morgan fingerprint density at radius 2 is 2.19 bits per heavy atom. The first kappa shape index (κ1) is 9.42. The normalized spacial score (nSPS) is 15.6. The Hall–Kier alpha value is -1.81. The van der Waals surface area contributed by atoms with Crippen LogP contribution in [0.25, 0.3) is 11.1 Å². The highest BCUT2D eigenvalue weighted by Crippen LogP contribution is 2.34. The predicted octanol–water partition coefficient (Wildman–Crippen LogP) is 2.81. The van der Waals surface area contributed by atoms with Crippen molar-refractivity contribution in [3.63, 3.8) is 0 Å². The molecule has 0 N–H and O–H groups in total. The van der Waals surface area contributed by atoms with Crippen LogP contribution in [0.15, 0.2) is 40.3 Å². The van der Waals surface area contributed by atoms with Gasteiger partial charge in [0, 0.05) is 10.5 Å². The summed E-state index contributed by atoms with van der Waals surface area (Å²) in [5, 5.41) is 1.94. The Bertz CT molecular complexity index is 535. The van der Waals surface area contributed by atoms with Gasteiger partial charge in [0.05, 0.1) is 11.8 Å². The van der Waals surface area contributed by atoms with Gasteiger partial charge in [-0.1, -0.05) is 6.07 Å². The average Bonchev–Trinajstić information content (AvgIpc) is 2.96. The number of furan rings is 1. The van der Waals surface area contributed by atoms with Crippen molar-refractivity contribution in [2.45, 2.75) is 0 Å². The van der Waals surface area contributed by atoms with Crippen LogP contribution in [0.5, 0.6) is 0 Å². The Morgan fingerprint density at radius 1 is 1.25 bits per heavy atom. The van der Waals surface area contributed by atoms with Gasteiger partial charge in [-0.05, 0) is 23.6 Å². The molecule has 0 aromatic carbocycles. The van der Waals surface area contributed by atoms with Crippen molar-refractivity contribution in [3.05, 3.63) is 46.5 Å². The maximum absolute atomic E-state index is 11.7. The highest BCUT2D eigenvalue weighted by atomic mass is 32.1. The Kier molecular flexibility index (Phi) is 2.15. The molecule has 0 atom stereocenters. The molecule has 16 heavy (non-hydrogen) atoms. The van der Waals surface area contributed by atoms with Crippen molar-refractivity contribution < 1.29 is 13.9 Å². The molecule has 3 rings (SSSR count). The van der Waals surface area contributed by atoms with E-state index in [0.29, 0.717) is 17.9 Å². The fraction of sp³-hybridized carbons (Fsp3) is 0.0833. The van der Waals surface area contributed by atoms with Gasteiger partial charge in [0.15, 0.2) is 0 Å². The van der Waals surface area contributed by atoms with Crippen LogP contribution in [0.1, 0.15) is 10.6 Å². The van der Waals surface area contributed by atoms with Gasteiger partial charge in [-0.3, -0.25) is 0 Å². The molecule has 0 saturated heterocycles. The molecule has 1 aliphatic rings. The number of cyclic esters (lactones) is 1. The number of carbonyl (C=O) groups excluding carboxylic acids is 1. The van der Waals surface area contributed by atoms with Crippen LogP contribution < -0.4 is 0 Å². The van der Waals surface area contributed by atoms with Crippen molar-refractivity contribution in [2.75, 3.05) is 6.61 Å². The lowest BCUT2D eigenvalue weighted by Gasteiger charge is -1.97. The zero-order valence-corrected chi connectivity index (χ0v) is 9.12. The van der Waals surface area contributed by atoms with Crippen LogP contribution in [0.2, 0.25) is 0 Å². The van der Waals surface area contributed by atoms with E-state index in [-0.39, 0.29) is 5.97 Å². The second-order valence-corrected chi connectivity index (χ2v) is 4.33. The van der Waals surface area contributed by atoms with Crippen molar-refractivity contribution in [3.8, 4) is 0 Å². The van der Waals surface area contributed by atoms with Gasteiger partial charge in [-0.2, -0.15) is 0 Å². The van der Waals surface area contributed by atoms with E-state index >= 15 is 0 Å². The zero-order valence-electron chi connectivity index (χ0n) is 8.30. The van der Waals surface area contributed by atoms with Crippen LogP contribution in [0.3, 0.4) is 0 Å². The van der Waals surface area contributed by atoms with Crippen LogP contribution in [0, 0.1) is 0 Å². The number of thiophene rings is 1. The van der Waals surface area contributed by atoms with E-state index in [2.05, 4.69) is 0 Å². The molecule has 0 unspecified atom stereocenters. The third-order valence-corrected chi connectivity index (χ3v) is 3.33. The van der Waals surface area contributed by atoms with Crippen LogP contribution in [-0.4, -0.2) is 12.6 Å². The van der Waals surface area contributed by atoms with Gasteiger partial charge in [-0.15, -0.1) is 11.3 Å².